The third-order valence-electron chi connectivity index (χ3n) is 6.00. The standard InChI is InChI=1S/C20H36N4O3.2ClH/c1-14(2)19(23-11-15(3)27-16(4)12-23)20(26)22-8-5-6-17(13-22)24-9-7-21-10-18(24)25;;/h14-17,19,21H,5-13H2,1-4H3;2*1H. The predicted octanol–water partition coefficient (Wildman–Crippen LogP) is 1.39. The van der Waals surface area contributed by atoms with Gasteiger partial charge < -0.3 is 19.9 Å². The van der Waals surface area contributed by atoms with Gasteiger partial charge in [-0.15, -0.1) is 24.8 Å². The van der Waals surface area contributed by atoms with Crippen molar-refractivity contribution in [3.63, 3.8) is 0 Å². The molecule has 3 fully saturated rings. The van der Waals surface area contributed by atoms with Crippen LogP contribution in [0, 0.1) is 5.92 Å². The third kappa shape index (κ3) is 6.44. The Morgan fingerprint density at radius 2 is 1.76 bits per heavy atom. The van der Waals surface area contributed by atoms with Gasteiger partial charge in [0, 0.05) is 45.3 Å². The van der Waals surface area contributed by atoms with Gasteiger partial charge in [0.05, 0.1) is 24.8 Å². The molecule has 0 saturated carbocycles. The largest absolute Gasteiger partial charge is 0.373 e. The number of rotatable bonds is 4. The summed E-state index contributed by atoms with van der Waals surface area (Å²) >= 11 is 0. The first-order valence-electron chi connectivity index (χ1n) is 10.5. The fourth-order valence-corrected chi connectivity index (χ4v) is 4.91. The van der Waals surface area contributed by atoms with E-state index in [1.165, 1.54) is 0 Å². The smallest absolute Gasteiger partial charge is 0.240 e. The molecule has 0 aromatic carbocycles. The zero-order valence-corrected chi connectivity index (χ0v) is 19.8. The number of halogens is 2. The second kappa shape index (κ2) is 11.7. The van der Waals surface area contributed by atoms with E-state index in [2.05, 4.69) is 37.9 Å². The lowest BCUT2D eigenvalue weighted by atomic mass is 9.96. The zero-order valence-electron chi connectivity index (χ0n) is 18.1. The van der Waals surface area contributed by atoms with Crippen LogP contribution in [0.25, 0.3) is 0 Å². The van der Waals surface area contributed by atoms with E-state index in [1.54, 1.807) is 0 Å². The molecule has 3 heterocycles. The number of nitrogens with one attached hydrogen (secondary N) is 1. The van der Waals surface area contributed by atoms with Gasteiger partial charge in [-0.3, -0.25) is 14.5 Å². The average Bonchev–Trinajstić information content (AvgIpc) is 2.61. The Hall–Kier alpha value is -0.600. The molecule has 9 heteroatoms. The van der Waals surface area contributed by atoms with E-state index in [4.69, 9.17) is 4.74 Å². The molecule has 0 spiro atoms. The summed E-state index contributed by atoms with van der Waals surface area (Å²) in [6.45, 7) is 13.5. The van der Waals surface area contributed by atoms with Crippen LogP contribution in [-0.2, 0) is 14.3 Å². The van der Waals surface area contributed by atoms with Crippen LogP contribution < -0.4 is 5.32 Å². The summed E-state index contributed by atoms with van der Waals surface area (Å²) in [5.41, 5.74) is 0. The molecule has 3 aliphatic rings. The van der Waals surface area contributed by atoms with Gasteiger partial charge in [-0.1, -0.05) is 13.8 Å². The van der Waals surface area contributed by atoms with Crippen molar-refractivity contribution in [3.05, 3.63) is 0 Å². The summed E-state index contributed by atoms with van der Waals surface area (Å²) in [6.07, 6.45) is 2.26. The van der Waals surface area contributed by atoms with Crippen LogP contribution in [0.2, 0.25) is 0 Å². The summed E-state index contributed by atoms with van der Waals surface area (Å²) in [5, 5.41) is 3.13. The lowest BCUT2D eigenvalue weighted by Crippen LogP contribution is -2.61. The van der Waals surface area contributed by atoms with E-state index in [0.29, 0.717) is 13.1 Å². The van der Waals surface area contributed by atoms with Crippen molar-refractivity contribution in [2.24, 2.45) is 5.92 Å². The summed E-state index contributed by atoms with van der Waals surface area (Å²) < 4.78 is 5.86. The van der Waals surface area contributed by atoms with Crippen LogP contribution >= 0.6 is 24.8 Å². The Morgan fingerprint density at radius 3 is 2.34 bits per heavy atom. The van der Waals surface area contributed by atoms with E-state index in [0.717, 1.165) is 45.6 Å². The zero-order chi connectivity index (χ0) is 19.6. The Balaban J connectivity index is 0.00000210. The molecule has 29 heavy (non-hydrogen) atoms. The minimum absolute atomic E-state index is 0. The molecule has 0 aliphatic carbocycles. The Kier molecular flexibility index (Phi) is 10.7. The van der Waals surface area contributed by atoms with E-state index < -0.39 is 0 Å². The monoisotopic (exact) mass is 452 g/mol. The number of carbonyl (C=O) groups excluding carboxylic acids is 2. The topological polar surface area (TPSA) is 65.1 Å². The molecule has 0 aromatic heterocycles. The van der Waals surface area contributed by atoms with Crippen molar-refractivity contribution in [2.75, 3.05) is 45.8 Å². The van der Waals surface area contributed by atoms with Crippen molar-refractivity contribution in [1.29, 1.82) is 0 Å². The van der Waals surface area contributed by atoms with Crippen LogP contribution in [0.5, 0.6) is 0 Å². The first kappa shape index (κ1) is 26.4. The fourth-order valence-electron chi connectivity index (χ4n) is 4.91. The fraction of sp³-hybridized carbons (Fsp3) is 0.900. The van der Waals surface area contributed by atoms with Gasteiger partial charge in [0.2, 0.25) is 11.8 Å². The minimum Gasteiger partial charge on any atom is -0.373 e. The summed E-state index contributed by atoms with van der Waals surface area (Å²) in [6, 6.07) is 0.0453. The van der Waals surface area contributed by atoms with Crippen LogP contribution in [0.3, 0.4) is 0 Å². The van der Waals surface area contributed by atoms with Gasteiger partial charge in [0.1, 0.15) is 0 Å². The molecule has 170 valence electrons. The summed E-state index contributed by atoms with van der Waals surface area (Å²) in [5.74, 6) is 0.631. The van der Waals surface area contributed by atoms with Gasteiger partial charge in [-0.25, -0.2) is 0 Å². The van der Waals surface area contributed by atoms with Crippen molar-refractivity contribution >= 4 is 36.6 Å². The Morgan fingerprint density at radius 1 is 1.10 bits per heavy atom. The molecule has 4 unspecified atom stereocenters. The number of piperidine rings is 1. The maximum Gasteiger partial charge on any atom is 0.240 e. The quantitative estimate of drug-likeness (QED) is 0.697. The van der Waals surface area contributed by atoms with Crippen molar-refractivity contribution in [2.45, 2.75) is 64.8 Å². The van der Waals surface area contributed by atoms with Crippen LogP contribution in [0.15, 0.2) is 0 Å². The van der Waals surface area contributed by atoms with Gasteiger partial charge in [-0.2, -0.15) is 0 Å². The number of nitrogens with zero attached hydrogens (tertiary/aromatic N) is 3. The molecule has 1 N–H and O–H groups in total. The van der Waals surface area contributed by atoms with E-state index >= 15 is 0 Å². The highest BCUT2D eigenvalue weighted by molar-refractivity contribution is 5.85. The normalized spacial score (nSPS) is 29.8. The maximum atomic E-state index is 13.5. The first-order valence-corrected chi connectivity index (χ1v) is 10.5. The molecule has 3 saturated heterocycles. The van der Waals surface area contributed by atoms with E-state index in [9.17, 15) is 9.59 Å². The Labute approximate surface area is 187 Å². The van der Waals surface area contributed by atoms with Crippen molar-refractivity contribution in [1.82, 2.24) is 20.0 Å². The number of ether oxygens (including phenoxy) is 1. The highest BCUT2D eigenvalue weighted by atomic mass is 35.5. The SMILES string of the molecule is CC1CN(C(C(=O)N2CCCC(N3CCNCC3=O)C2)C(C)C)CC(C)O1.Cl.Cl. The average molecular weight is 453 g/mol. The molecule has 7 nitrogen and oxygen atoms in total. The highest BCUT2D eigenvalue weighted by Gasteiger charge is 2.39. The summed E-state index contributed by atoms with van der Waals surface area (Å²) in [7, 11) is 0. The van der Waals surface area contributed by atoms with Crippen molar-refractivity contribution < 1.29 is 14.3 Å². The Bertz CT molecular complexity index is 542. The number of likely N-dealkylation sites (tertiary alicyclic amines) is 1. The number of carbonyl (C=O) groups is 2. The highest BCUT2D eigenvalue weighted by Crippen LogP contribution is 2.23. The molecular weight excluding hydrogens is 415 g/mol. The van der Waals surface area contributed by atoms with Crippen molar-refractivity contribution in [3.8, 4) is 0 Å². The van der Waals surface area contributed by atoms with Gasteiger partial charge in [-0.05, 0) is 32.6 Å². The molecule has 4 atom stereocenters. The second-order valence-electron chi connectivity index (χ2n) is 8.74. The number of amides is 2. The molecule has 0 bridgehead atoms. The van der Waals surface area contributed by atoms with Crippen LogP contribution in [0.1, 0.15) is 40.5 Å². The lowest BCUT2D eigenvalue weighted by Gasteiger charge is -2.45. The van der Waals surface area contributed by atoms with E-state index in [-0.39, 0.29) is 66.8 Å². The number of hydrogen-bond donors (Lipinski definition) is 1. The molecule has 0 aromatic rings. The van der Waals surface area contributed by atoms with Gasteiger partial charge >= 0.3 is 0 Å². The third-order valence-corrected chi connectivity index (χ3v) is 6.00. The summed E-state index contributed by atoms with van der Waals surface area (Å²) in [4.78, 5) is 32.1. The van der Waals surface area contributed by atoms with Gasteiger partial charge in [0.25, 0.3) is 0 Å². The van der Waals surface area contributed by atoms with Gasteiger partial charge in [0.15, 0.2) is 0 Å². The predicted molar refractivity (Wildman–Crippen MR) is 119 cm³/mol. The lowest BCUT2D eigenvalue weighted by molar-refractivity contribution is -0.149. The maximum absolute atomic E-state index is 13.5. The minimum atomic E-state index is -0.115. The molecule has 3 rings (SSSR count). The molecule has 2 amide bonds. The number of hydrogen-bond acceptors (Lipinski definition) is 5. The van der Waals surface area contributed by atoms with Crippen LogP contribution in [0.4, 0.5) is 0 Å². The molecular formula is C20H38Cl2N4O3. The molecule has 0 radical (unpaired) electrons. The number of piperazine rings is 1. The number of morpholine rings is 1. The molecule has 3 aliphatic heterocycles. The van der Waals surface area contributed by atoms with E-state index in [1.807, 2.05) is 9.80 Å². The van der Waals surface area contributed by atoms with Crippen LogP contribution in [-0.4, -0.2) is 96.6 Å². The first-order chi connectivity index (χ1) is 12.9. The second-order valence-corrected chi connectivity index (χ2v) is 8.74.